The number of rotatable bonds is 3. The molecule has 2 aromatic heterocycles. The summed E-state index contributed by atoms with van der Waals surface area (Å²) in [6.07, 6.45) is 3.56. The molecule has 6 heteroatoms. The zero-order valence-electron chi connectivity index (χ0n) is 10.5. The van der Waals surface area contributed by atoms with Crippen LogP contribution >= 0.6 is 0 Å². The van der Waals surface area contributed by atoms with Gasteiger partial charge in [0.05, 0.1) is 18.1 Å². The standard InChI is InChI=1S/C12H14N4O2/c1-4-9-7(2)15-16(8(9)3)11-6-13-10(5-14-11)12(17)18/h5-6H,4H2,1-3H3,(H,17,18). The van der Waals surface area contributed by atoms with Crippen molar-refractivity contribution >= 4 is 5.97 Å². The fraction of sp³-hybridized carbons (Fsp3) is 0.333. The fourth-order valence-corrected chi connectivity index (χ4v) is 1.95. The van der Waals surface area contributed by atoms with Gasteiger partial charge in [-0.3, -0.25) is 0 Å². The molecule has 0 saturated carbocycles. The summed E-state index contributed by atoms with van der Waals surface area (Å²) < 4.78 is 1.69. The molecule has 0 spiro atoms. The van der Waals surface area contributed by atoms with Crippen LogP contribution in [0.1, 0.15) is 34.4 Å². The van der Waals surface area contributed by atoms with Crippen molar-refractivity contribution in [2.24, 2.45) is 0 Å². The molecule has 0 fully saturated rings. The number of carbonyl (C=O) groups is 1. The second kappa shape index (κ2) is 4.56. The van der Waals surface area contributed by atoms with E-state index in [0.717, 1.165) is 17.8 Å². The van der Waals surface area contributed by atoms with Gasteiger partial charge in [0, 0.05) is 5.69 Å². The SMILES string of the molecule is CCc1c(C)nn(-c2cnc(C(=O)O)cn2)c1C. The molecule has 2 heterocycles. The van der Waals surface area contributed by atoms with Gasteiger partial charge in [-0.15, -0.1) is 0 Å². The number of carboxylic acid groups (broad SMARTS) is 1. The number of nitrogens with zero attached hydrogens (tertiary/aromatic N) is 4. The van der Waals surface area contributed by atoms with Gasteiger partial charge in [-0.25, -0.2) is 19.4 Å². The highest BCUT2D eigenvalue weighted by Gasteiger charge is 2.13. The summed E-state index contributed by atoms with van der Waals surface area (Å²) in [5, 5.41) is 13.2. The molecule has 0 unspecified atom stereocenters. The molecule has 2 rings (SSSR count). The maximum atomic E-state index is 10.7. The van der Waals surface area contributed by atoms with Crippen LogP contribution in [-0.4, -0.2) is 30.8 Å². The van der Waals surface area contributed by atoms with Crippen molar-refractivity contribution in [2.45, 2.75) is 27.2 Å². The predicted octanol–water partition coefficient (Wildman–Crippen LogP) is 1.54. The Morgan fingerprint density at radius 3 is 2.50 bits per heavy atom. The molecule has 0 saturated heterocycles. The Morgan fingerprint density at radius 1 is 1.33 bits per heavy atom. The summed E-state index contributed by atoms with van der Waals surface area (Å²) in [6, 6.07) is 0. The van der Waals surface area contributed by atoms with E-state index >= 15 is 0 Å². The van der Waals surface area contributed by atoms with E-state index in [0.29, 0.717) is 5.82 Å². The molecule has 0 amide bonds. The Kier molecular flexibility index (Phi) is 3.10. The monoisotopic (exact) mass is 246 g/mol. The largest absolute Gasteiger partial charge is 0.476 e. The van der Waals surface area contributed by atoms with Crippen molar-refractivity contribution in [3.05, 3.63) is 35.0 Å². The third kappa shape index (κ3) is 1.97. The van der Waals surface area contributed by atoms with Crippen LogP contribution in [0.5, 0.6) is 0 Å². The van der Waals surface area contributed by atoms with Gasteiger partial charge in [-0.05, 0) is 25.8 Å². The lowest BCUT2D eigenvalue weighted by Crippen LogP contribution is -2.06. The lowest BCUT2D eigenvalue weighted by Gasteiger charge is -2.03. The second-order valence-electron chi connectivity index (χ2n) is 3.98. The van der Waals surface area contributed by atoms with Gasteiger partial charge in [0.1, 0.15) is 0 Å². The summed E-state index contributed by atoms with van der Waals surface area (Å²) in [6.45, 7) is 5.98. The molecule has 2 aromatic rings. The van der Waals surface area contributed by atoms with Gasteiger partial charge in [0.25, 0.3) is 0 Å². The minimum absolute atomic E-state index is 0.0732. The summed E-state index contributed by atoms with van der Waals surface area (Å²) in [4.78, 5) is 18.6. The minimum atomic E-state index is -1.09. The average molecular weight is 246 g/mol. The predicted molar refractivity (Wildman–Crippen MR) is 65.0 cm³/mol. The first-order valence-electron chi connectivity index (χ1n) is 5.65. The van der Waals surface area contributed by atoms with E-state index in [1.54, 1.807) is 4.68 Å². The lowest BCUT2D eigenvalue weighted by molar-refractivity contribution is 0.0690. The van der Waals surface area contributed by atoms with Crippen LogP contribution in [-0.2, 0) is 6.42 Å². The van der Waals surface area contributed by atoms with Gasteiger partial charge in [0.2, 0.25) is 0 Å². The van der Waals surface area contributed by atoms with Gasteiger partial charge in [0.15, 0.2) is 11.5 Å². The molecule has 0 aliphatic rings. The molecular formula is C12H14N4O2. The van der Waals surface area contributed by atoms with Crippen LogP contribution in [0, 0.1) is 13.8 Å². The van der Waals surface area contributed by atoms with Crippen LogP contribution < -0.4 is 0 Å². The maximum absolute atomic E-state index is 10.7. The Hall–Kier alpha value is -2.24. The summed E-state index contributed by atoms with van der Waals surface area (Å²) in [5.74, 6) is -0.558. The highest BCUT2D eigenvalue weighted by molar-refractivity contribution is 5.84. The smallest absolute Gasteiger partial charge is 0.356 e. The first-order valence-corrected chi connectivity index (χ1v) is 5.65. The molecule has 0 bridgehead atoms. The van der Waals surface area contributed by atoms with E-state index in [1.165, 1.54) is 18.0 Å². The van der Waals surface area contributed by atoms with Crippen molar-refractivity contribution in [2.75, 3.05) is 0 Å². The van der Waals surface area contributed by atoms with Gasteiger partial charge < -0.3 is 5.11 Å². The van der Waals surface area contributed by atoms with Crippen LogP contribution in [0.3, 0.4) is 0 Å². The number of hydrogen-bond acceptors (Lipinski definition) is 4. The Morgan fingerprint density at radius 2 is 2.06 bits per heavy atom. The van der Waals surface area contributed by atoms with Gasteiger partial charge >= 0.3 is 5.97 Å². The summed E-state index contributed by atoms with van der Waals surface area (Å²) in [7, 11) is 0. The van der Waals surface area contributed by atoms with Crippen molar-refractivity contribution in [1.82, 2.24) is 19.7 Å². The van der Waals surface area contributed by atoms with E-state index < -0.39 is 5.97 Å². The zero-order valence-corrected chi connectivity index (χ0v) is 10.5. The quantitative estimate of drug-likeness (QED) is 0.888. The second-order valence-corrected chi connectivity index (χ2v) is 3.98. The van der Waals surface area contributed by atoms with Gasteiger partial charge in [-0.1, -0.05) is 6.92 Å². The molecule has 0 aliphatic carbocycles. The molecule has 18 heavy (non-hydrogen) atoms. The number of aryl methyl sites for hydroxylation is 1. The molecule has 0 aliphatic heterocycles. The first kappa shape index (κ1) is 12.2. The number of hydrogen-bond donors (Lipinski definition) is 1. The number of aromatic nitrogens is 4. The molecule has 0 atom stereocenters. The van der Waals surface area contributed by atoms with E-state index in [4.69, 9.17) is 5.11 Å². The Bertz CT molecular complexity index is 587. The molecule has 1 N–H and O–H groups in total. The van der Waals surface area contributed by atoms with E-state index in [2.05, 4.69) is 22.0 Å². The summed E-state index contributed by atoms with van der Waals surface area (Å²) >= 11 is 0. The zero-order chi connectivity index (χ0) is 13.3. The lowest BCUT2D eigenvalue weighted by atomic mass is 10.1. The van der Waals surface area contributed by atoms with Crippen LogP contribution in [0.2, 0.25) is 0 Å². The van der Waals surface area contributed by atoms with E-state index in [-0.39, 0.29) is 5.69 Å². The van der Waals surface area contributed by atoms with Crippen molar-refractivity contribution in [3.63, 3.8) is 0 Å². The van der Waals surface area contributed by atoms with E-state index in [1.807, 2.05) is 13.8 Å². The fourth-order valence-electron chi connectivity index (χ4n) is 1.95. The highest BCUT2D eigenvalue weighted by atomic mass is 16.4. The molecular weight excluding hydrogens is 232 g/mol. The average Bonchev–Trinajstić information content (AvgIpc) is 2.64. The van der Waals surface area contributed by atoms with Crippen LogP contribution in [0.4, 0.5) is 0 Å². The third-order valence-corrected chi connectivity index (χ3v) is 2.87. The number of aromatic carboxylic acids is 1. The maximum Gasteiger partial charge on any atom is 0.356 e. The van der Waals surface area contributed by atoms with Crippen molar-refractivity contribution in [1.29, 1.82) is 0 Å². The molecule has 0 aromatic carbocycles. The van der Waals surface area contributed by atoms with Crippen LogP contribution in [0.25, 0.3) is 5.82 Å². The third-order valence-electron chi connectivity index (χ3n) is 2.87. The van der Waals surface area contributed by atoms with Gasteiger partial charge in [-0.2, -0.15) is 5.10 Å². The van der Waals surface area contributed by atoms with Crippen LogP contribution in [0.15, 0.2) is 12.4 Å². The van der Waals surface area contributed by atoms with Crippen molar-refractivity contribution < 1.29 is 9.90 Å². The topological polar surface area (TPSA) is 80.9 Å². The molecule has 6 nitrogen and oxygen atoms in total. The molecule has 94 valence electrons. The summed E-state index contributed by atoms with van der Waals surface area (Å²) in [5.41, 5.74) is 3.07. The highest BCUT2D eigenvalue weighted by Crippen LogP contribution is 2.16. The van der Waals surface area contributed by atoms with Crippen molar-refractivity contribution in [3.8, 4) is 5.82 Å². The minimum Gasteiger partial charge on any atom is -0.476 e. The molecule has 0 radical (unpaired) electrons. The Balaban J connectivity index is 2.46. The van der Waals surface area contributed by atoms with E-state index in [9.17, 15) is 4.79 Å². The normalized spacial score (nSPS) is 10.6. The Labute approximate surface area is 104 Å². The first-order chi connectivity index (χ1) is 8.54. The number of carboxylic acids is 1.